The maximum absolute atomic E-state index is 11.9. The van der Waals surface area contributed by atoms with Gasteiger partial charge in [0.05, 0.1) is 12.9 Å². The van der Waals surface area contributed by atoms with Crippen LogP contribution in [-0.2, 0) is 17.9 Å². The molecule has 0 aliphatic rings. The number of hydrogen-bond acceptors (Lipinski definition) is 4. The lowest BCUT2D eigenvalue weighted by atomic mass is 10.2. The highest BCUT2D eigenvalue weighted by Gasteiger charge is 2.03. The molecular formula is C21H22ClN3O2S. The van der Waals surface area contributed by atoms with Gasteiger partial charge in [-0.15, -0.1) is 11.8 Å². The van der Waals surface area contributed by atoms with Gasteiger partial charge in [0, 0.05) is 47.6 Å². The Morgan fingerprint density at radius 2 is 1.93 bits per heavy atom. The Labute approximate surface area is 174 Å². The number of carbonyl (C=O) groups is 1. The number of amides is 1. The minimum atomic E-state index is 0.0215. The lowest BCUT2D eigenvalue weighted by molar-refractivity contribution is -0.121. The van der Waals surface area contributed by atoms with E-state index in [0.717, 1.165) is 22.1 Å². The topological polar surface area (TPSA) is 56.2 Å². The molecule has 1 N–H and O–H groups in total. The van der Waals surface area contributed by atoms with Crippen LogP contribution in [0.3, 0.4) is 0 Å². The van der Waals surface area contributed by atoms with Gasteiger partial charge in [0.15, 0.2) is 0 Å². The van der Waals surface area contributed by atoms with Crippen LogP contribution in [0.25, 0.3) is 0 Å². The highest BCUT2D eigenvalue weighted by molar-refractivity contribution is 7.99. The normalized spacial score (nSPS) is 10.6. The molecule has 0 saturated heterocycles. The van der Waals surface area contributed by atoms with Crippen molar-refractivity contribution in [2.24, 2.45) is 0 Å². The minimum Gasteiger partial charge on any atom is -0.493 e. The van der Waals surface area contributed by atoms with E-state index >= 15 is 0 Å². The van der Waals surface area contributed by atoms with Crippen LogP contribution >= 0.6 is 23.4 Å². The number of aryl methyl sites for hydroxylation is 1. The number of ether oxygens (including phenoxy) is 1. The predicted octanol–water partition coefficient (Wildman–Crippen LogP) is 4.41. The molecule has 1 amide bonds. The van der Waals surface area contributed by atoms with E-state index in [1.165, 1.54) is 4.90 Å². The van der Waals surface area contributed by atoms with E-state index in [2.05, 4.69) is 10.3 Å². The second-order valence-electron chi connectivity index (χ2n) is 6.12. The number of nitrogens with zero attached hydrogens (tertiary/aromatic N) is 2. The number of aromatic nitrogens is 2. The van der Waals surface area contributed by atoms with Gasteiger partial charge < -0.3 is 14.6 Å². The van der Waals surface area contributed by atoms with Crippen molar-refractivity contribution in [1.82, 2.24) is 14.9 Å². The van der Waals surface area contributed by atoms with Gasteiger partial charge in [0.25, 0.3) is 0 Å². The summed E-state index contributed by atoms with van der Waals surface area (Å²) in [5.41, 5.74) is 1.04. The maximum Gasteiger partial charge on any atom is 0.222 e. The molecule has 0 spiro atoms. The zero-order valence-corrected chi connectivity index (χ0v) is 17.0. The van der Waals surface area contributed by atoms with Crippen LogP contribution < -0.4 is 10.1 Å². The quantitative estimate of drug-likeness (QED) is 0.393. The van der Waals surface area contributed by atoms with Crippen LogP contribution in [0.15, 0.2) is 72.1 Å². The van der Waals surface area contributed by atoms with E-state index in [4.69, 9.17) is 16.3 Å². The lowest BCUT2D eigenvalue weighted by Gasteiger charge is -2.09. The average Bonchev–Trinajstić information content (AvgIpc) is 3.24. The minimum absolute atomic E-state index is 0.0215. The zero-order chi connectivity index (χ0) is 19.6. The third-order valence-electron chi connectivity index (χ3n) is 4.00. The Hall–Kier alpha value is -2.44. The Kier molecular flexibility index (Phi) is 7.82. The average molecular weight is 416 g/mol. The van der Waals surface area contributed by atoms with E-state index in [-0.39, 0.29) is 5.91 Å². The third-order valence-corrected chi connectivity index (χ3v) is 5.23. The van der Waals surface area contributed by atoms with E-state index < -0.39 is 0 Å². The first-order chi connectivity index (χ1) is 13.7. The molecule has 7 heteroatoms. The first-order valence-electron chi connectivity index (χ1n) is 9.01. The zero-order valence-electron chi connectivity index (χ0n) is 15.4. The Balaban J connectivity index is 1.32. The molecule has 3 rings (SSSR count). The number of nitrogens with one attached hydrogen (secondary N) is 1. The summed E-state index contributed by atoms with van der Waals surface area (Å²) < 4.78 is 7.65. The van der Waals surface area contributed by atoms with Crippen molar-refractivity contribution in [2.75, 3.05) is 12.4 Å². The fourth-order valence-electron chi connectivity index (χ4n) is 2.49. The van der Waals surface area contributed by atoms with E-state index in [9.17, 15) is 4.79 Å². The van der Waals surface area contributed by atoms with Gasteiger partial charge in [-0.1, -0.05) is 23.7 Å². The molecule has 1 aromatic heterocycles. The molecule has 0 aliphatic carbocycles. The molecule has 3 aromatic rings. The summed E-state index contributed by atoms with van der Waals surface area (Å²) in [6.45, 7) is 1.76. The molecule has 0 saturated carbocycles. The highest BCUT2D eigenvalue weighted by Crippen LogP contribution is 2.20. The standard InChI is InChI=1S/C21H22ClN3O2S/c22-18-3-7-20(8-4-18)28-14-13-27-19-5-1-17(2-6-19)15-24-21(26)9-11-25-12-10-23-16-25/h1-8,10,12,16H,9,11,13-15H2,(H,24,26). The van der Waals surface area contributed by atoms with Crippen molar-refractivity contribution in [1.29, 1.82) is 0 Å². The number of halogens is 1. The summed E-state index contributed by atoms with van der Waals surface area (Å²) in [5, 5.41) is 3.67. The summed E-state index contributed by atoms with van der Waals surface area (Å²) >= 11 is 7.61. The molecule has 146 valence electrons. The molecule has 0 fully saturated rings. The highest BCUT2D eigenvalue weighted by atomic mass is 35.5. The monoisotopic (exact) mass is 415 g/mol. The summed E-state index contributed by atoms with van der Waals surface area (Å²) in [6, 6.07) is 15.6. The Morgan fingerprint density at radius 1 is 1.14 bits per heavy atom. The second-order valence-corrected chi connectivity index (χ2v) is 7.73. The number of thioether (sulfide) groups is 1. The SMILES string of the molecule is O=C(CCn1ccnc1)NCc1ccc(OCCSc2ccc(Cl)cc2)cc1. The van der Waals surface area contributed by atoms with Crippen LogP contribution in [0.5, 0.6) is 5.75 Å². The van der Waals surface area contributed by atoms with Crippen molar-refractivity contribution >= 4 is 29.3 Å². The van der Waals surface area contributed by atoms with Crippen LogP contribution in [0.4, 0.5) is 0 Å². The Bertz CT molecular complexity index is 852. The summed E-state index contributed by atoms with van der Waals surface area (Å²) in [7, 11) is 0. The smallest absolute Gasteiger partial charge is 0.222 e. The predicted molar refractivity (Wildman–Crippen MR) is 113 cm³/mol. The Morgan fingerprint density at radius 3 is 2.64 bits per heavy atom. The van der Waals surface area contributed by atoms with Gasteiger partial charge in [0.1, 0.15) is 5.75 Å². The molecule has 2 aromatic carbocycles. The molecule has 0 atom stereocenters. The van der Waals surface area contributed by atoms with Gasteiger partial charge in [0.2, 0.25) is 5.91 Å². The molecule has 1 heterocycles. The largest absolute Gasteiger partial charge is 0.493 e. The number of rotatable bonds is 10. The lowest BCUT2D eigenvalue weighted by Crippen LogP contribution is -2.23. The first-order valence-corrected chi connectivity index (χ1v) is 10.4. The van der Waals surface area contributed by atoms with E-state index in [1.54, 1.807) is 24.3 Å². The summed E-state index contributed by atoms with van der Waals surface area (Å²) in [5.74, 6) is 1.70. The van der Waals surface area contributed by atoms with Crippen molar-refractivity contribution in [2.45, 2.75) is 24.4 Å². The molecule has 0 radical (unpaired) electrons. The van der Waals surface area contributed by atoms with Gasteiger partial charge >= 0.3 is 0 Å². The van der Waals surface area contributed by atoms with Crippen LogP contribution in [0, 0.1) is 0 Å². The fraction of sp³-hybridized carbons (Fsp3) is 0.238. The van der Waals surface area contributed by atoms with E-state index in [1.807, 2.05) is 59.3 Å². The molecule has 5 nitrogen and oxygen atoms in total. The molecule has 0 bridgehead atoms. The van der Waals surface area contributed by atoms with Crippen molar-refractivity contribution in [3.05, 3.63) is 77.8 Å². The molecular weight excluding hydrogens is 394 g/mol. The van der Waals surface area contributed by atoms with Crippen molar-refractivity contribution in [3.8, 4) is 5.75 Å². The van der Waals surface area contributed by atoms with Crippen LogP contribution in [-0.4, -0.2) is 27.8 Å². The number of hydrogen-bond donors (Lipinski definition) is 1. The number of carbonyl (C=O) groups excluding carboxylic acids is 1. The number of imidazole rings is 1. The second kappa shape index (κ2) is 10.8. The van der Waals surface area contributed by atoms with Crippen LogP contribution in [0.1, 0.15) is 12.0 Å². The van der Waals surface area contributed by atoms with Gasteiger partial charge in [-0.25, -0.2) is 4.98 Å². The molecule has 28 heavy (non-hydrogen) atoms. The van der Waals surface area contributed by atoms with E-state index in [0.29, 0.717) is 26.1 Å². The third kappa shape index (κ3) is 6.94. The van der Waals surface area contributed by atoms with Crippen LogP contribution in [0.2, 0.25) is 5.02 Å². The molecule has 0 unspecified atom stereocenters. The fourth-order valence-corrected chi connectivity index (χ4v) is 3.35. The van der Waals surface area contributed by atoms with Gasteiger partial charge in [-0.05, 0) is 42.0 Å². The van der Waals surface area contributed by atoms with Gasteiger partial charge in [-0.2, -0.15) is 0 Å². The summed E-state index contributed by atoms with van der Waals surface area (Å²) in [6.07, 6.45) is 5.70. The number of benzene rings is 2. The van der Waals surface area contributed by atoms with Crippen molar-refractivity contribution < 1.29 is 9.53 Å². The summed E-state index contributed by atoms with van der Waals surface area (Å²) in [4.78, 5) is 17.0. The molecule has 0 aliphatic heterocycles. The first kappa shape index (κ1) is 20.3. The van der Waals surface area contributed by atoms with Crippen molar-refractivity contribution in [3.63, 3.8) is 0 Å². The maximum atomic E-state index is 11.9. The van der Waals surface area contributed by atoms with Gasteiger partial charge in [-0.3, -0.25) is 4.79 Å².